The molecule has 3 rings (SSSR count). The molecule has 33 heavy (non-hydrogen) atoms. The van der Waals surface area contributed by atoms with E-state index >= 15 is 0 Å². The maximum atomic E-state index is 13.5. The lowest BCUT2D eigenvalue weighted by Crippen LogP contribution is -2.53. The van der Waals surface area contributed by atoms with Gasteiger partial charge in [-0.15, -0.1) is 0 Å². The predicted octanol–water partition coefficient (Wildman–Crippen LogP) is 1.96. The van der Waals surface area contributed by atoms with Gasteiger partial charge < -0.3 is 20.1 Å². The van der Waals surface area contributed by atoms with Crippen LogP contribution in [0.3, 0.4) is 0 Å². The molecule has 0 aliphatic carbocycles. The second-order valence-corrected chi connectivity index (χ2v) is 9.52. The topological polar surface area (TPSA) is 114 Å². The molecule has 2 heterocycles. The second kappa shape index (κ2) is 10.2. The molecule has 9 nitrogen and oxygen atoms in total. The maximum absolute atomic E-state index is 13.5. The van der Waals surface area contributed by atoms with Crippen LogP contribution in [0.5, 0.6) is 0 Å². The number of nitrogens with one attached hydrogen (secondary N) is 2. The lowest BCUT2D eigenvalue weighted by Gasteiger charge is -2.31. The van der Waals surface area contributed by atoms with Crippen LogP contribution >= 0.6 is 0 Å². The lowest BCUT2D eigenvalue weighted by atomic mass is 9.90. The first kappa shape index (κ1) is 24.5. The van der Waals surface area contributed by atoms with Crippen molar-refractivity contribution in [3.8, 4) is 0 Å². The van der Waals surface area contributed by atoms with Crippen molar-refractivity contribution in [1.29, 1.82) is 0 Å². The van der Waals surface area contributed by atoms with Crippen LogP contribution in [0, 0.1) is 5.92 Å². The zero-order chi connectivity index (χ0) is 24.2. The van der Waals surface area contributed by atoms with Gasteiger partial charge in [0, 0.05) is 24.9 Å². The summed E-state index contributed by atoms with van der Waals surface area (Å²) in [4.78, 5) is 52.3. The minimum absolute atomic E-state index is 0.138. The van der Waals surface area contributed by atoms with Gasteiger partial charge in [-0.3, -0.25) is 14.5 Å². The van der Waals surface area contributed by atoms with Gasteiger partial charge in [-0.1, -0.05) is 30.3 Å². The van der Waals surface area contributed by atoms with Crippen LogP contribution in [0.25, 0.3) is 0 Å². The highest BCUT2D eigenvalue weighted by Gasteiger charge is 2.45. The summed E-state index contributed by atoms with van der Waals surface area (Å²) in [5.74, 6) is -1.88. The fourth-order valence-corrected chi connectivity index (χ4v) is 4.46. The highest BCUT2D eigenvalue weighted by Crippen LogP contribution is 2.35. The number of hydrogen-bond donors (Lipinski definition) is 2. The molecular weight excluding hydrogens is 426 g/mol. The number of carbonyl (C=O) groups is 4. The number of benzene rings is 1. The van der Waals surface area contributed by atoms with Crippen molar-refractivity contribution in [2.75, 3.05) is 20.2 Å². The molecule has 1 aromatic rings. The van der Waals surface area contributed by atoms with Gasteiger partial charge >= 0.3 is 12.1 Å². The van der Waals surface area contributed by atoms with Crippen LogP contribution in [-0.2, 0) is 23.9 Å². The molecule has 0 spiro atoms. The minimum Gasteiger partial charge on any atom is -0.467 e. The molecule has 0 aromatic heterocycles. The number of hydrogen-bond acceptors (Lipinski definition) is 6. The van der Waals surface area contributed by atoms with Crippen molar-refractivity contribution in [1.82, 2.24) is 15.5 Å². The van der Waals surface area contributed by atoms with E-state index in [0.717, 1.165) is 5.56 Å². The highest BCUT2D eigenvalue weighted by atomic mass is 16.6. The third-order valence-electron chi connectivity index (χ3n) is 6.01. The molecular formula is C24H33N3O6. The van der Waals surface area contributed by atoms with E-state index < -0.39 is 35.7 Å². The summed E-state index contributed by atoms with van der Waals surface area (Å²) in [6.07, 6.45) is 0.725. The summed E-state index contributed by atoms with van der Waals surface area (Å²) in [5.41, 5.74) is 0.210. The lowest BCUT2D eigenvalue weighted by molar-refractivity contribution is -0.146. The zero-order valence-electron chi connectivity index (χ0n) is 19.6. The van der Waals surface area contributed by atoms with E-state index in [1.54, 1.807) is 20.8 Å². The molecule has 180 valence electrons. The molecule has 4 atom stereocenters. The Morgan fingerprint density at radius 1 is 1.18 bits per heavy atom. The molecule has 9 heteroatoms. The molecule has 3 amide bonds. The predicted molar refractivity (Wildman–Crippen MR) is 120 cm³/mol. The van der Waals surface area contributed by atoms with E-state index in [0.29, 0.717) is 25.9 Å². The maximum Gasteiger partial charge on any atom is 0.410 e. The largest absolute Gasteiger partial charge is 0.467 e. The fourth-order valence-electron chi connectivity index (χ4n) is 4.46. The van der Waals surface area contributed by atoms with Gasteiger partial charge in [0.05, 0.1) is 7.11 Å². The average Bonchev–Trinajstić information content (AvgIpc) is 3.38. The molecule has 0 saturated carbocycles. The first-order chi connectivity index (χ1) is 15.6. The summed E-state index contributed by atoms with van der Waals surface area (Å²) < 4.78 is 10.4. The van der Waals surface area contributed by atoms with Gasteiger partial charge in [0.25, 0.3) is 0 Å². The smallest absolute Gasteiger partial charge is 0.410 e. The Kier molecular flexibility index (Phi) is 7.61. The summed E-state index contributed by atoms with van der Waals surface area (Å²) in [6, 6.07) is 7.65. The van der Waals surface area contributed by atoms with Gasteiger partial charge in [-0.25, -0.2) is 9.59 Å². The number of ether oxygens (including phenoxy) is 2. The number of methoxy groups -OCH3 is 1. The van der Waals surface area contributed by atoms with Crippen LogP contribution < -0.4 is 10.6 Å². The molecule has 2 fully saturated rings. The van der Waals surface area contributed by atoms with Crippen LogP contribution in [0.1, 0.15) is 51.5 Å². The van der Waals surface area contributed by atoms with Crippen molar-refractivity contribution < 1.29 is 28.7 Å². The number of esters is 1. The molecule has 4 unspecified atom stereocenters. The molecule has 2 saturated heterocycles. The third-order valence-corrected chi connectivity index (χ3v) is 6.01. The Labute approximate surface area is 194 Å². The number of carbonyl (C=O) groups excluding carboxylic acids is 4. The summed E-state index contributed by atoms with van der Waals surface area (Å²) in [7, 11) is 1.24. The minimum atomic E-state index is -0.992. The molecule has 2 aliphatic heterocycles. The van der Waals surface area contributed by atoms with E-state index in [-0.39, 0.29) is 24.2 Å². The quantitative estimate of drug-likeness (QED) is 0.629. The van der Waals surface area contributed by atoms with E-state index in [9.17, 15) is 19.2 Å². The van der Waals surface area contributed by atoms with Crippen LogP contribution in [0.15, 0.2) is 30.3 Å². The molecule has 0 bridgehead atoms. The second-order valence-electron chi connectivity index (χ2n) is 9.52. The van der Waals surface area contributed by atoms with Crippen molar-refractivity contribution in [3.05, 3.63) is 35.9 Å². The average molecular weight is 460 g/mol. The van der Waals surface area contributed by atoms with Gasteiger partial charge in [0.1, 0.15) is 17.7 Å². The summed E-state index contributed by atoms with van der Waals surface area (Å²) >= 11 is 0. The van der Waals surface area contributed by atoms with Gasteiger partial charge in [0.15, 0.2) is 0 Å². The number of rotatable bonds is 6. The summed E-state index contributed by atoms with van der Waals surface area (Å²) in [6.45, 7) is 6.19. The van der Waals surface area contributed by atoms with Crippen LogP contribution in [-0.4, -0.2) is 66.7 Å². The standard InChI is InChI=1S/C24H33N3O6/c1-24(2,3)33-23(31)27-13-11-17(15-8-6-5-7-9-15)19(27)21(29)26-18(22(30)32-4)14-16-10-12-25-20(16)28/h5-9,16-19H,10-14H2,1-4H3,(H,25,28)(H,26,29). The first-order valence-corrected chi connectivity index (χ1v) is 11.3. The Bertz CT molecular complexity index is 882. The van der Waals surface area contributed by atoms with E-state index in [4.69, 9.17) is 9.47 Å². The van der Waals surface area contributed by atoms with E-state index in [1.165, 1.54) is 12.0 Å². The monoisotopic (exact) mass is 459 g/mol. The third kappa shape index (κ3) is 6.03. The first-order valence-electron chi connectivity index (χ1n) is 11.3. The number of amides is 3. The van der Waals surface area contributed by atoms with Crippen molar-refractivity contribution >= 4 is 23.9 Å². The Hall–Kier alpha value is -3.10. The Balaban J connectivity index is 1.84. The van der Waals surface area contributed by atoms with Crippen molar-refractivity contribution in [2.24, 2.45) is 5.92 Å². The van der Waals surface area contributed by atoms with Gasteiger partial charge in [-0.2, -0.15) is 0 Å². The Morgan fingerprint density at radius 3 is 2.45 bits per heavy atom. The van der Waals surface area contributed by atoms with Crippen LogP contribution in [0.2, 0.25) is 0 Å². The zero-order valence-corrected chi connectivity index (χ0v) is 19.6. The summed E-state index contributed by atoms with van der Waals surface area (Å²) in [5, 5.41) is 5.50. The normalized spacial score (nSPS) is 23.6. The molecule has 2 aliphatic rings. The van der Waals surface area contributed by atoms with Gasteiger partial charge in [-0.05, 0) is 45.6 Å². The van der Waals surface area contributed by atoms with E-state index in [2.05, 4.69) is 10.6 Å². The van der Waals surface area contributed by atoms with Crippen molar-refractivity contribution in [2.45, 2.75) is 63.6 Å². The SMILES string of the molecule is COC(=O)C(CC1CCNC1=O)NC(=O)C1C(c2ccccc2)CCN1C(=O)OC(C)(C)C. The number of nitrogens with zero attached hydrogens (tertiary/aromatic N) is 1. The fraction of sp³-hybridized carbons (Fsp3) is 0.583. The van der Waals surface area contributed by atoms with Crippen molar-refractivity contribution in [3.63, 3.8) is 0 Å². The molecule has 1 aromatic carbocycles. The Morgan fingerprint density at radius 2 is 1.88 bits per heavy atom. The number of likely N-dealkylation sites (tertiary alicyclic amines) is 1. The molecule has 0 radical (unpaired) electrons. The highest BCUT2D eigenvalue weighted by molar-refractivity contribution is 5.91. The van der Waals surface area contributed by atoms with Crippen LogP contribution in [0.4, 0.5) is 4.79 Å². The van der Waals surface area contributed by atoms with E-state index in [1.807, 2.05) is 30.3 Å². The molecule has 2 N–H and O–H groups in total. The van der Waals surface area contributed by atoms with Gasteiger partial charge in [0.2, 0.25) is 11.8 Å².